The summed E-state index contributed by atoms with van der Waals surface area (Å²) in [5.41, 5.74) is 0.662. The van der Waals surface area contributed by atoms with E-state index in [1.807, 2.05) is 6.92 Å². The molecule has 0 bridgehead atoms. The minimum absolute atomic E-state index is 0.0324. The normalized spacial score (nSPS) is 10.7. The summed E-state index contributed by atoms with van der Waals surface area (Å²) in [5, 5.41) is 34.0. The fourth-order valence-corrected chi connectivity index (χ4v) is 1.84. The number of carbonyl (C=O) groups is 2. The third kappa shape index (κ3) is 12.3. The summed E-state index contributed by atoms with van der Waals surface area (Å²) in [6.07, 6.45) is 1.99. The van der Waals surface area contributed by atoms with E-state index in [4.69, 9.17) is 20.4 Å². The lowest BCUT2D eigenvalue weighted by atomic mass is 10.0. The van der Waals surface area contributed by atoms with Gasteiger partial charge in [0.2, 0.25) is 0 Å². The number of rotatable bonds is 6. The SMILES string of the molecule is CCCCC(C)C(O)O.O=C(O)c1ccccc1.O=C(O)c1ccccc1. The first-order valence-corrected chi connectivity index (χ1v) is 8.72. The number of aliphatic hydroxyl groups excluding tert-OH is 1. The van der Waals surface area contributed by atoms with Gasteiger partial charge < -0.3 is 20.4 Å². The molecule has 4 N–H and O–H groups in total. The summed E-state index contributed by atoms with van der Waals surface area (Å²) in [5.74, 6) is -1.73. The number of aliphatic hydroxyl groups is 2. The smallest absolute Gasteiger partial charge is 0.335 e. The number of carboxylic acids is 2. The largest absolute Gasteiger partial charge is 0.478 e. The van der Waals surface area contributed by atoms with E-state index < -0.39 is 18.2 Å². The van der Waals surface area contributed by atoms with Gasteiger partial charge in [-0.1, -0.05) is 63.1 Å². The highest BCUT2D eigenvalue weighted by molar-refractivity contribution is 5.87. The van der Waals surface area contributed by atoms with Crippen LogP contribution in [-0.4, -0.2) is 38.7 Å². The van der Waals surface area contributed by atoms with Gasteiger partial charge in [0.05, 0.1) is 11.1 Å². The Morgan fingerprint density at radius 3 is 1.41 bits per heavy atom. The Balaban J connectivity index is 0.000000376. The molecule has 2 rings (SSSR count). The minimum Gasteiger partial charge on any atom is -0.478 e. The summed E-state index contributed by atoms with van der Waals surface area (Å²) in [4.78, 5) is 20.4. The van der Waals surface area contributed by atoms with E-state index in [0.717, 1.165) is 19.3 Å². The molecule has 148 valence electrons. The molecule has 2 aromatic carbocycles. The Kier molecular flexibility index (Phi) is 13.0. The molecule has 6 nitrogen and oxygen atoms in total. The average molecular weight is 376 g/mol. The van der Waals surface area contributed by atoms with E-state index in [-0.39, 0.29) is 5.92 Å². The van der Waals surface area contributed by atoms with Gasteiger partial charge in [0.1, 0.15) is 0 Å². The van der Waals surface area contributed by atoms with Crippen molar-refractivity contribution in [1.82, 2.24) is 0 Å². The Hall–Kier alpha value is -2.70. The van der Waals surface area contributed by atoms with Crippen molar-refractivity contribution < 1.29 is 30.0 Å². The molecule has 0 spiro atoms. The second kappa shape index (κ2) is 14.5. The number of carboxylic acid groups (broad SMARTS) is 2. The molecule has 0 aromatic heterocycles. The van der Waals surface area contributed by atoms with Gasteiger partial charge in [-0.05, 0) is 30.7 Å². The van der Waals surface area contributed by atoms with Crippen LogP contribution in [0.5, 0.6) is 0 Å². The summed E-state index contributed by atoms with van der Waals surface area (Å²) in [7, 11) is 0. The van der Waals surface area contributed by atoms with Crippen LogP contribution in [0.15, 0.2) is 60.7 Å². The lowest BCUT2D eigenvalue weighted by Crippen LogP contribution is -2.15. The van der Waals surface area contributed by atoms with Gasteiger partial charge in [-0.3, -0.25) is 0 Å². The van der Waals surface area contributed by atoms with Gasteiger partial charge >= 0.3 is 11.9 Å². The predicted octanol–water partition coefficient (Wildman–Crippen LogP) is 3.89. The van der Waals surface area contributed by atoms with Crippen LogP contribution < -0.4 is 0 Å². The molecule has 0 aliphatic carbocycles. The molecule has 6 heteroatoms. The monoisotopic (exact) mass is 376 g/mol. The highest BCUT2D eigenvalue weighted by Gasteiger charge is 2.08. The lowest BCUT2D eigenvalue weighted by molar-refractivity contribution is -0.0807. The summed E-state index contributed by atoms with van der Waals surface area (Å²) < 4.78 is 0. The van der Waals surface area contributed by atoms with Crippen LogP contribution in [0.1, 0.15) is 53.8 Å². The van der Waals surface area contributed by atoms with Crippen LogP contribution in [0.2, 0.25) is 0 Å². The molecular weight excluding hydrogens is 348 g/mol. The molecule has 2 aromatic rings. The fourth-order valence-electron chi connectivity index (χ4n) is 1.84. The molecule has 0 amide bonds. The van der Waals surface area contributed by atoms with Crippen LogP contribution in [0.4, 0.5) is 0 Å². The van der Waals surface area contributed by atoms with Gasteiger partial charge in [-0.2, -0.15) is 0 Å². The maximum Gasteiger partial charge on any atom is 0.335 e. The molecule has 0 saturated carbocycles. The highest BCUT2D eigenvalue weighted by Crippen LogP contribution is 2.09. The number of hydrogen-bond acceptors (Lipinski definition) is 4. The standard InChI is InChI=1S/2C7H6O2.C7H16O2/c2*8-7(9)6-4-2-1-3-5-6;1-3-4-5-6(2)7(8)9/h2*1-5H,(H,8,9);6-9H,3-5H2,1-2H3. The Morgan fingerprint density at radius 1 is 0.815 bits per heavy atom. The van der Waals surface area contributed by atoms with Gasteiger partial charge in [-0.25, -0.2) is 9.59 Å². The number of benzene rings is 2. The Labute approximate surface area is 159 Å². The Bertz CT molecular complexity index is 591. The first-order valence-electron chi connectivity index (χ1n) is 8.72. The fraction of sp³-hybridized carbons (Fsp3) is 0.333. The van der Waals surface area contributed by atoms with Gasteiger partial charge in [0, 0.05) is 5.92 Å². The summed E-state index contributed by atoms with van der Waals surface area (Å²) >= 11 is 0. The van der Waals surface area contributed by atoms with Gasteiger partial charge in [0.15, 0.2) is 6.29 Å². The minimum atomic E-state index is -1.13. The number of hydrogen-bond donors (Lipinski definition) is 4. The van der Waals surface area contributed by atoms with E-state index in [1.54, 1.807) is 60.7 Å². The molecule has 1 atom stereocenters. The molecule has 0 aliphatic heterocycles. The van der Waals surface area contributed by atoms with Crippen LogP contribution >= 0.6 is 0 Å². The Morgan fingerprint density at radius 2 is 1.19 bits per heavy atom. The van der Waals surface area contributed by atoms with E-state index in [1.165, 1.54) is 0 Å². The van der Waals surface area contributed by atoms with Crippen molar-refractivity contribution in [3.8, 4) is 0 Å². The molecule has 1 unspecified atom stereocenters. The summed E-state index contributed by atoms with van der Waals surface area (Å²) in [6, 6.07) is 16.6. The first kappa shape index (κ1) is 24.3. The van der Waals surface area contributed by atoms with Crippen molar-refractivity contribution in [2.24, 2.45) is 5.92 Å². The average Bonchev–Trinajstić information content (AvgIpc) is 2.68. The zero-order valence-electron chi connectivity index (χ0n) is 15.7. The van der Waals surface area contributed by atoms with Gasteiger partial charge in [-0.15, -0.1) is 0 Å². The number of aromatic carboxylic acids is 2. The van der Waals surface area contributed by atoms with E-state index in [2.05, 4.69) is 6.92 Å². The van der Waals surface area contributed by atoms with Crippen LogP contribution in [0.25, 0.3) is 0 Å². The quantitative estimate of drug-likeness (QED) is 0.569. The molecule has 0 radical (unpaired) electrons. The van der Waals surface area contributed by atoms with Crippen molar-refractivity contribution in [2.75, 3.05) is 0 Å². The first-order chi connectivity index (χ1) is 12.8. The summed E-state index contributed by atoms with van der Waals surface area (Å²) in [6.45, 7) is 3.94. The third-order valence-corrected chi connectivity index (χ3v) is 3.56. The zero-order chi connectivity index (χ0) is 20.7. The van der Waals surface area contributed by atoms with E-state index in [0.29, 0.717) is 11.1 Å². The molecule has 27 heavy (non-hydrogen) atoms. The van der Waals surface area contributed by atoms with Gasteiger partial charge in [0.25, 0.3) is 0 Å². The van der Waals surface area contributed by atoms with Crippen molar-refractivity contribution in [1.29, 1.82) is 0 Å². The topological polar surface area (TPSA) is 115 Å². The second-order valence-electron chi connectivity index (χ2n) is 5.88. The second-order valence-corrected chi connectivity index (χ2v) is 5.88. The van der Waals surface area contributed by atoms with E-state index >= 15 is 0 Å². The van der Waals surface area contributed by atoms with Crippen LogP contribution in [0, 0.1) is 5.92 Å². The van der Waals surface area contributed by atoms with Crippen molar-refractivity contribution in [3.05, 3.63) is 71.8 Å². The molecule has 0 fully saturated rings. The number of unbranched alkanes of at least 4 members (excludes halogenated alkanes) is 1. The maximum atomic E-state index is 10.2. The molecular formula is C21H28O6. The maximum absolute atomic E-state index is 10.2. The third-order valence-electron chi connectivity index (χ3n) is 3.56. The van der Waals surface area contributed by atoms with Crippen molar-refractivity contribution in [3.63, 3.8) is 0 Å². The van der Waals surface area contributed by atoms with Crippen LogP contribution in [0.3, 0.4) is 0 Å². The predicted molar refractivity (Wildman–Crippen MR) is 104 cm³/mol. The van der Waals surface area contributed by atoms with E-state index in [9.17, 15) is 9.59 Å². The molecule has 0 aliphatic rings. The lowest BCUT2D eigenvalue weighted by Gasteiger charge is -2.11. The zero-order valence-corrected chi connectivity index (χ0v) is 15.7. The molecule has 0 saturated heterocycles. The van der Waals surface area contributed by atoms with Crippen LogP contribution in [-0.2, 0) is 0 Å². The molecule has 0 heterocycles. The van der Waals surface area contributed by atoms with Crippen molar-refractivity contribution in [2.45, 2.75) is 39.4 Å². The van der Waals surface area contributed by atoms with Crippen molar-refractivity contribution >= 4 is 11.9 Å². The highest BCUT2D eigenvalue weighted by atomic mass is 16.5.